The van der Waals surface area contributed by atoms with Crippen LogP contribution in [0.5, 0.6) is 0 Å². The fraction of sp³-hybridized carbons (Fsp3) is 0.417. The van der Waals surface area contributed by atoms with E-state index in [1.54, 1.807) is 23.9 Å². The number of nitrogens with one attached hydrogen (secondary N) is 1. The molecule has 94 valence electrons. The van der Waals surface area contributed by atoms with E-state index >= 15 is 0 Å². The summed E-state index contributed by atoms with van der Waals surface area (Å²) in [5, 5.41) is 11.9. The van der Waals surface area contributed by atoms with Crippen LogP contribution in [0.3, 0.4) is 0 Å². The van der Waals surface area contributed by atoms with E-state index in [9.17, 15) is 4.79 Å². The van der Waals surface area contributed by atoms with Crippen molar-refractivity contribution in [3.05, 3.63) is 29.8 Å². The Morgan fingerprint density at radius 2 is 2.24 bits per heavy atom. The summed E-state index contributed by atoms with van der Waals surface area (Å²) >= 11 is 1.66. The molecule has 0 bridgehead atoms. The standard InChI is InChI=1S/C12H18N2O2S/c1-17-7-6-10(13)12(16)14-11-5-3-2-4-9(11)8-15/h2-5,10,15H,6-8,13H2,1H3,(H,14,16)/t10-/m0/s1. The first-order valence-electron chi connectivity index (χ1n) is 5.43. The first-order valence-corrected chi connectivity index (χ1v) is 6.82. The summed E-state index contributed by atoms with van der Waals surface area (Å²) in [5.74, 6) is 0.649. The van der Waals surface area contributed by atoms with Crippen LogP contribution in [-0.2, 0) is 11.4 Å². The number of thioether (sulfide) groups is 1. The number of para-hydroxylation sites is 1. The van der Waals surface area contributed by atoms with Gasteiger partial charge in [-0.05, 0) is 24.5 Å². The van der Waals surface area contributed by atoms with Gasteiger partial charge in [0, 0.05) is 11.3 Å². The van der Waals surface area contributed by atoms with Gasteiger partial charge in [0.25, 0.3) is 0 Å². The monoisotopic (exact) mass is 254 g/mol. The molecular formula is C12H18N2O2S. The number of amides is 1. The number of aliphatic hydroxyl groups excluding tert-OH is 1. The number of carbonyl (C=O) groups is 1. The zero-order chi connectivity index (χ0) is 12.7. The molecule has 0 heterocycles. The van der Waals surface area contributed by atoms with Crippen LogP contribution in [0.1, 0.15) is 12.0 Å². The summed E-state index contributed by atoms with van der Waals surface area (Å²) in [6.07, 6.45) is 2.62. The zero-order valence-electron chi connectivity index (χ0n) is 9.85. The Morgan fingerprint density at radius 1 is 1.53 bits per heavy atom. The van der Waals surface area contributed by atoms with E-state index in [2.05, 4.69) is 5.32 Å². The summed E-state index contributed by atoms with van der Waals surface area (Å²) in [6.45, 7) is -0.101. The first kappa shape index (κ1) is 14.0. The van der Waals surface area contributed by atoms with Gasteiger partial charge in [0.15, 0.2) is 0 Å². The number of benzene rings is 1. The molecule has 1 aromatic carbocycles. The second kappa shape index (κ2) is 7.32. The van der Waals surface area contributed by atoms with Crippen LogP contribution in [0.2, 0.25) is 0 Å². The van der Waals surface area contributed by atoms with E-state index in [1.807, 2.05) is 18.4 Å². The molecule has 1 amide bonds. The lowest BCUT2D eigenvalue weighted by Gasteiger charge is -2.13. The second-order valence-electron chi connectivity index (χ2n) is 3.69. The Balaban J connectivity index is 2.61. The Labute approximate surface area is 106 Å². The highest BCUT2D eigenvalue weighted by Gasteiger charge is 2.14. The van der Waals surface area contributed by atoms with Crippen LogP contribution in [0.4, 0.5) is 5.69 Å². The van der Waals surface area contributed by atoms with Crippen LogP contribution >= 0.6 is 11.8 Å². The van der Waals surface area contributed by atoms with Crippen molar-refractivity contribution in [3.8, 4) is 0 Å². The maximum Gasteiger partial charge on any atom is 0.241 e. The topological polar surface area (TPSA) is 75.4 Å². The molecule has 0 spiro atoms. The molecule has 0 aliphatic rings. The summed E-state index contributed by atoms with van der Waals surface area (Å²) in [6, 6.07) is 6.64. The van der Waals surface area contributed by atoms with Crippen molar-refractivity contribution in [2.45, 2.75) is 19.1 Å². The number of carbonyl (C=O) groups excluding carboxylic acids is 1. The quantitative estimate of drug-likeness (QED) is 0.713. The van der Waals surface area contributed by atoms with Crippen molar-refractivity contribution in [3.63, 3.8) is 0 Å². The minimum atomic E-state index is -0.505. The van der Waals surface area contributed by atoms with Gasteiger partial charge in [-0.15, -0.1) is 0 Å². The minimum Gasteiger partial charge on any atom is -0.392 e. The van der Waals surface area contributed by atoms with Crippen LogP contribution in [0.15, 0.2) is 24.3 Å². The number of hydrogen-bond donors (Lipinski definition) is 3. The molecule has 0 aliphatic carbocycles. The molecule has 4 N–H and O–H groups in total. The molecule has 1 atom stereocenters. The summed E-state index contributed by atoms with van der Waals surface area (Å²) < 4.78 is 0. The van der Waals surface area contributed by atoms with Gasteiger partial charge in [-0.25, -0.2) is 0 Å². The molecule has 1 rings (SSSR count). The van der Waals surface area contributed by atoms with Crippen LogP contribution in [-0.4, -0.2) is 29.1 Å². The highest BCUT2D eigenvalue weighted by Crippen LogP contribution is 2.15. The van der Waals surface area contributed by atoms with Gasteiger partial charge in [-0.2, -0.15) is 11.8 Å². The summed E-state index contributed by atoms with van der Waals surface area (Å²) in [5.41, 5.74) is 7.07. The Hall–Kier alpha value is -1.04. The average molecular weight is 254 g/mol. The van der Waals surface area contributed by atoms with Crippen molar-refractivity contribution in [1.29, 1.82) is 0 Å². The molecule has 1 aromatic rings. The molecule has 0 unspecified atom stereocenters. The average Bonchev–Trinajstić information content (AvgIpc) is 2.36. The Morgan fingerprint density at radius 3 is 2.88 bits per heavy atom. The predicted octanol–water partition coefficient (Wildman–Crippen LogP) is 1.20. The molecule has 0 fully saturated rings. The molecule has 0 saturated carbocycles. The van der Waals surface area contributed by atoms with Crippen molar-refractivity contribution in [2.75, 3.05) is 17.3 Å². The Kier molecular flexibility index (Phi) is 6.04. The highest BCUT2D eigenvalue weighted by atomic mass is 32.2. The largest absolute Gasteiger partial charge is 0.392 e. The van der Waals surface area contributed by atoms with Crippen molar-refractivity contribution >= 4 is 23.4 Å². The van der Waals surface area contributed by atoms with Gasteiger partial charge in [-0.1, -0.05) is 18.2 Å². The van der Waals surface area contributed by atoms with Crippen LogP contribution < -0.4 is 11.1 Å². The number of nitrogens with two attached hydrogens (primary N) is 1. The van der Waals surface area contributed by atoms with E-state index in [0.29, 0.717) is 17.7 Å². The molecule has 0 radical (unpaired) electrons. The maximum absolute atomic E-state index is 11.8. The lowest BCUT2D eigenvalue weighted by atomic mass is 10.1. The predicted molar refractivity (Wildman–Crippen MR) is 72.0 cm³/mol. The number of anilines is 1. The Bertz CT molecular complexity index is 371. The molecular weight excluding hydrogens is 236 g/mol. The minimum absolute atomic E-state index is 0.101. The molecule has 5 heteroatoms. The van der Waals surface area contributed by atoms with Crippen molar-refractivity contribution in [1.82, 2.24) is 0 Å². The molecule has 0 aromatic heterocycles. The second-order valence-corrected chi connectivity index (χ2v) is 4.68. The summed E-state index contributed by atoms with van der Waals surface area (Å²) in [7, 11) is 0. The van der Waals surface area contributed by atoms with Crippen LogP contribution in [0, 0.1) is 0 Å². The zero-order valence-corrected chi connectivity index (χ0v) is 10.7. The van der Waals surface area contributed by atoms with Gasteiger partial charge < -0.3 is 16.2 Å². The maximum atomic E-state index is 11.8. The van der Waals surface area contributed by atoms with Gasteiger partial charge in [0.2, 0.25) is 5.91 Å². The van der Waals surface area contributed by atoms with E-state index in [4.69, 9.17) is 10.8 Å². The fourth-order valence-corrected chi connectivity index (χ4v) is 1.87. The van der Waals surface area contributed by atoms with Gasteiger partial charge in [0.1, 0.15) is 0 Å². The van der Waals surface area contributed by atoms with E-state index in [0.717, 1.165) is 5.75 Å². The third-order valence-electron chi connectivity index (χ3n) is 2.42. The third-order valence-corrected chi connectivity index (χ3v) is 3.06. The number of rotatable bonds is 6. The summed E-state index contributed by atoms with van der Waals surface area (Å²) in [4.78, 5) is 11.8. The van der Waals surface area contributed by atoms with Gasteiger partial charge >= 0.3 is 0 Å². The molecule has 0 aliphatic heterocycles. The van der Waals surface area contributed by atoms with Crippen LogP contribution in [0.25, 0.3) is 0 Å². The van der Waals surface area contributed by atoms with Gasteiger partial charge in [-0.3, -0.25) is 4.79 Å². The SMILES string of the molecule is CSCC[C@H](N)C(=O)Nc1ccccc1CO. The van der Waals surface area contributed by atoms with E-state index < -0.39 is 6.04 Å². The lowest BCUT2D eigenvalue weighted by molar-refractivity contribution is -0.117. The van der Waals surface area contributed by atoms with Crippen molar-refractivity contribution in [2.24, 2.45) is 5.73 Å². The van der Waals surface area contributed by atoms with Crippen molar-refractivity contribution < 1.29 is 9.90 Å². The lowest BCUT2D eigenvalue weighted by Crippen LogP contribution is -2.36. The number of hydrogen-bond acceptors (Lipinski definition) is 4. The highest BCUT2D eigenvalue weighted by molar-refractivity contribution is 7.98. The molecule has 17 heavy (non-hydrogen) atoms. The number of aliphatic hydroxyl groups is 1. The molecule has 0 saturated heterocycles. The third kappa shape index (κ3) is 4.38. The van der Waals surface area contributed by atoms with Gasteiger partial charge in [0.05, 0.1) is 12.6 Å². The van der Waals surface area contributed by atoms with E-state index in [1.165, 1.54) is 0 Å². The first-order chi connectivity index (χ1) is 8.19. The normalized spacial score (nSPS) is 12.2. The smallest absolute Gasteiger partial charge is 0.241 e. The molecule has 4 nitrogen and oxygen atoms in total. The fourth-order valence-electron chi connectivity index (χ4n) is 1.38. The van der Waals surface area contributed by atoms with E-state index in [-0.39, 0.29) is 12.5 Å².